The molecule has 0 N–H and O–H groups in total. The predicted molar refractivity (Wildman–Crippen MR) is 103 cm³/mol. The van der Waals surface area contributed by atoms with Gasteiger partial charge in [-0.1, -0.05) is 30.8 Å². The first-order chi connectivity index (χ1) is 13.8. The molecule has 3 heterocycles. The van der Waals surface area contributed by atoms with Crippen molar-refractivity contribution >= 4 is 21.1 Å². The first-order valence-corrected chi connectivity index (χ1v) is 11.1. The van der Waals surface area contributed by atoms with Gasteiger partial charge >= 0.3 is 0 Å². The smallest absolute Gasteiger partial charge is 0.243 e. The van der Waals surface area contributed by atoms with Crippen LogP contribution in [0.15, 0.2) is 27.6 Å². The molecule has 0 radical (unpaired) electrons. The van der Waals surface area contributed by atoms with Gasteiger partial charge in [-0.05, 0) is 42.2 Å². The van der Waals surface area contributed by atoms with Crippen molar-refractivity contribution < 1.29 is 17.8 Å². The van der Waals surface area contributed by atoms with E-state index in [0.29, 0.717) is 41.8 Å². The number of rotatable bonds is 6. The lowest BCUT2D eigenvalue weighted by molar-refractivity contribution is 0.0696. The minimum absolute atomic E-state index is 0.0231. The largest absolute Gasteiger partial charge is 0.387 e. The SMILES string of the molecule is CC1CCCN(S(=O)(=O)c2ccc3nnn(OCc4noc(C(C)C)n4)c3c2)C1. The highest BCUT2D eigenvalue weighted by molar-refractivity contribution is 7.89. The average molecular weight is 420 g/mol. The molecular formula is C18H24N6O4S. The molecule has 2 aromatic heterocycles. The second-order valence-corrected chi connectivity index (χ2v) is 9.64. The summed E-state index contributed by atoms with van der Waals surface area (Å²) in [5.74, 6) is 1.37. The number of sulfonamides is 1. The Bertz CT molecular complexity index is 1110. The monoisotopic (exact) mass is 420 g/mol. The molecule has 3 aromatic rings. The highest BCUT2D eigenvalue weighted by Crippen LogP contribution is 2.25. The Balaban J connectivity index is 1.57. The first-order valence-electron chi connectivity index (χ1n) is 9.66. The van der Waals surface area contributed by atoms with Gasteiger partial charge in [-0.3, -0.25) is 0 Å². The van der Waals surface area contributed by atoms with E-state index in [1.807, 2.05) is 13.8 Å². The Labute approximate surface area is 168 Å². The third-order valence-corrected chi connectivity index (χ3v) is 6.80. The highest BCUT2D eigenvalue weighted by Gasteiger charge is 2.29. The molecule has 1 atom stereocenters. The van der Waals surface area contributed by atoms with Gasteiger partial charge in [-0.15, -0.1) is 5.10 Å². The second kappa shape index (κ2) is 7.71. The molecule has 0 aliphatic carbocycles. The Kier molecular flexibility index (Phi) is 5.26. The molecule has 156 valence electrons. The third-order valence-electron chi connectivity index (χ3n) is 4.94. The zero-order chi connectivity index (χ0) is 20.6. The number of piperidine rings is 1. The van der Waals surface area contributed by atoms with Crippen molar-refractivity contribution in [2.45, 2.75) is 51.0 Å². The lowest BCUT2D eigenvalue weighted by Gasteiger charge is -2.30. The van der Waals surface area contributed by atoms with Crippen molar-refractivity contribution in [3.05, 3.63) is 29.9 Å². The Morgan fingerprint density at radius 2 is 2.17 bits per heavy atom. The summed E-state index contributed by atoms with van der Waals surface area (Å²) in [6.07, 6.45) is 1.92. The van der Waals surface area contributed by atoms with Crippen molar-refractivity contribution in [1.29, 1.82) is 0 Å². The molecule has 0 bridgehead atoms. The molecule has 0 spiro atoms. The summed E-state index contributed by atoms with van der Waals surface area (Å²) in [5, 5.41) is 11.8. The van der Waals surface area contributed by atoms with E-state index < -0.39 is 10.0 Å². The van der Waals surface area contributed by atoms with Crippen molar-refractivity contribution in [2.75, 3.05) is 13.1 Å². The normalized spacial score (nSPS) is 18.6. The molecule has 0 amide bonds. The van der Waals surface area contributed by atoms with E-state index >= 15 is 0 Å². The van der Waals surface area contributed by atoms with Crippen LogP contribution in [-0.2, 0) is 16.6 Å². The maximum Gasteiger partial charge on any atom is 0.243 e. The van der Waals surface area contributed by atoms with Crippen LogP contribution in [0.2, 0.25) is 0 Å². The third kappa shape index (κ3) is 3.97. The predicted octanol–water partition coefficient (Wildman–Crippen LogP) is 1.99. The number of aromatic nitrogens is 5. The first kappa shape index (κ1) is 19.8. The van der Waals surface area contributed by atoms with E-state index in [-0.39, 0.29) is 17.4 Å². The second-order valence-electron chi connectivity index (χ2n) is 7.70. The molecule has 1 aromatic carbocycles. The van der Waals surface area contributed by atoms with E-state index in [2.05, 4.69) is 27.4 Å². The van der Waals surface area contributed by atoms with E-state index in [1.165, 1.54) is 4.85 Å². The van der Waals surface area contributed by atoms with Crippen LogP contribution in [0.3, 0.4) is 0 Å². The fourth-order valence-corrected chi connectivity index (χ4v) is 4.95. The summed E-state index contributed by atoms with van der Waals surface area (Å²) < 4.78 is 32.8. The van der Waals surface area contributed by atoms with Crippen LogP contribution < -0.4 is 4.84 Å². The van der Waals surface area contributed by atoms with Crippen molar-refractivity contribution in [3.8, 4) is 0 Å². The van der Waals surface area contributed by atoms with Gasteiger partial charge in [0.1, 0.15) is 11.0 Å². The van der Waals surface area contributed by atoms with Gasteiger partial charge in [0.05, 0.1) is 4.90 Å². The van der Waals surface area contributed by atoms with E-state index in [9.17, 15) is 8.42 Å². The maximum absolute atomic E-state index is 13.1. The molecule has 11 heteroatoms. The van der Waals surface area contributed by atoms with E-state index in [4.69, 9.17) is 9.36 Å². The standard InChI is InChI=1S/C18H24N6O4S/c1-12(2)18-19-17(21-28-18)11-27-24-16-9-14(6-7-15(16)20-22-24)29(25,26)23-8-4-5-13(3)10-23/h6-7,9,12-13H,4-5,8,10-11H2,1-3H3. The summed E-state index contributed by atoms with van der Waals surface area (Å²) in [7, 11) is -3.59. The minimum Gasteiger partial charge on any atom is -0.387 e. The number of hydrogen-bond acceptors (Lipinski definition) is 8. The number of hydrogen-bond donors (Lipinski definition) is 0. The average Bonchev–Trinajstić information content (AvgIpc) is 3.33. The summed E-state index contributed by atoms with van der Waals surface area (Å²) in [6, 6.07) is 4.73. The molecular weight excluding hydrogens is 396 g/mol. The molecule has 0 saturated carbocycles. The molecule has 1 aliphatic heterocycles. The van der Waals surface area contributed by atoms with Crippen molar-refractivity contribution in [3.63, 3.8) is 0 Å². The van der Waals surface area contributed by atoms with Gasteiger partial charge in [-0.25, -0.2) is 8.42 Å². The Morgan fingerprint density at radius 3 is 2.90 bits per heavy atom. The van der Waals surface area contributed by atoms with E-state index in [0.717, 1.165) is 12.8 Å². The fraction of sp³-hybridized carbons (Fsp3) is 0.556. The number of fused-ring (bicyclic) bond motifs is 1. The maximum atomic E-state index is 13.1. The Hall–Kier alpha value is -2.53. The van der Waals surface area contributed by atoms with Crippen LogP contribution in [0.4, 0.5) is 0 Å². The zero-order valence-electron chi connectivity index (χ0n) is 16.6. The van der Waals surface area contributed by atoms with Crippen molar-refractivity contribution in [2.24, 2.45) is 5.92 Å². The molecule has 1 saturated heterocycles. The minimum atomic E-state index is -3.59. The molecule has 29 heavy (non-hydrogen) atoms. The van der Waals surface area contributed by atoms with Crippen LogP contribution in [0.5, 0.6) is 0 Å². The highest BCUT2D eigenvalue weighted by atomic mass is 32.2. The van der Waals surface area contributed by atoms with Gasteiger partial charge < -0.3 is 9.36 Å². The van der Waals surface area contributed by atoms with Crippen LogP contribution in [0, 0.1) is 5.92 Å². The number of benzene rings is 1. The quantitative estimate of drug-likeness (QED) is 0.594. The van der Waals surface area contributed by atoms with Crippen LogP contribution in [0.25, 0.3) is 11.0 Å². The van der Waals surface area contributed by atoms with Crippen molar-refractivity contribution in [1.82, 2.24) is 29.6 Å². The van der Waals surface area contributed by atoms with Gasteiger partial charge in [-0.2, -0.15) is 9.29 Å². The summed E-state index contributed by atoms with van der Waals surface area (Å²) in [4.78, 5) is 11.3. The molecule has 1 unspecified atom stereocenters. The Morgan fingerprint density at radius 1 is 1.34 bits per heavy atom. The van der Waals surface area contributed by atoms with Gasteiger partial charge in [0, 0.05) is 19.0 Å². The van der Waals surface area contributed by atoms with Crippen LogP contribution in [0.1, 0.15) is 51.2 Å². The molecule has 1 fully saturated rings. The van der Waals surface area contributed by atoms with Crippen LogP contribution in [-0.4, -0.2) is 51.1 Å². The zero-order valence-corrected chi connectivity index (χ0v) is 17.5. The number of nitrogens with zero attached hydrogens (tertiary/aromatic N) is 6. The molecule has 10 nitrogen and oxygen atoms in total. The van der Waals surface area contributed by atoms with E-state index in [1.54, 1.807) is 22.5 Å². The lowest BCUT2D eigenvalue weighted by atomic mass is 10.0. The van der Waals surface area contributed by atoms with Gasteiger partial charge in [0.25, 0.3) is 0 Å². The van der Waals surface area contributed by atoms with Crippen LogP contribution >= 0.6 is 0 Å². The van der Waals surface area contributed by atoms with Gasteiger partial charge in [0.2, 0.25) is 21.7 Å². The fourth-order valence-electron chi connectivity index (χ4n) is 3.33. The molecule has 4 rings (SSSR count). The lowest BCUT2D eigenvalue weighted by Crippen LogP contribution is -2.39. The summed E-state index contributed by atoms with van der Waals surface area (Å²) in [6.45, 7) is 7.07. The summed E-state index contributed by atoms with van der Waals surface area (Å²) in [5.41, 5.74) is 0.996. The topological polar surface area (TPSA) is 116 Å². The summed E-state index contributed by atoms with van der Waals surface area (Å²) >= 11 is 0. The molecule has 1 aliphatic rings. The van der Waals surface area contributed by atoms with Gasteiger partial charge in [0.15, 0.2) is 6.61 Å².